The van der Waals surface area contributed by atoms with Crippen LogP contribution in [-0.4, -0.2) is 55.7 Å². The zero-order chi connectivity index (χ0) is 17.5. The van der Waals surface area contributed by atoms with E-state index < -0.39 is 5.60 Å². The van der Waals surface area contributed by atoms with Gasteiger partial charge in [0.05, 0.1) is 0 Å². The molecule has 0 saturated carbocycles. The molecule has 5 nitrogen and oxygen atoms in total. The van der Waals surface area contributed by atoms with Gasteiger partial charge in [-0.15, -0.1) is 0 Å². The number of amides is 1. The highest BCUT2D eigenvalue weighted by Crippen LogP contribution is 2.23. The summed E-state index contributed by atoms with van der Waals surface area (Å²) in [5.41, 5.74) is 0.692. The van der Waals surface area contributed by atoms with Gasteiger partial charge in [0.25, 0.3) is 5.91 Å². The second-order valence-electron chi connectivity index (χ2n) is 7.26. The van der Waals surface area contributed by atoms with E-state index in [4.69, 9.17) is 4.74 Å². The summed E-state index contributed by atoms with van der Waals surface area (Å²) in [4.78, 5) is 15.3. The van der Waals surface area contributed by atoms with Crippen molar-refractivity contribution in [3.63, 3.8) is 0 Å². The third-order valence-corrected chi connectivity index (χ3v) is 5.69. The fraction of sp³-hybridized carbons (Fsp3) is 0.650. The first-order chi connectivity index (χ1) is 12.2. The second kappa shape index (κ2) is 8.79. The van der Waals surface area contributed by atoms with Crippen LogP contribution in [0.3, 0.4) is 0 Å². The number of carbonyl (C=O) groups excluding carboxylic acids is 1. The van der Waals surface area contributed by atoms with E-state index in [-0.39, 0.29) is 5.91 Å². The van der Waals surface area contributed by atoms with Crippen molar-refractivity contribution in [2.75, 3.05) is 33.3 Å². The fourth-order valence-corrected chi connectivity index (χ4v) is 4.04. The van der Waals surface area contributed by atoms with Crippen molar-refractivity contribution < 1.29 is 9.53 Å². The Hall–Kier alpha value is -1.43. The number of carbonyl (C=O) groups is 1. The number of ether oxygens (including phenoxy) is 1. The number of nitrogens with zero attached hydrogens (tertiary/aromatic N) is 1. The smallest absolute Gasteiger partial charge is 0.252 e. The van der Waals surface area contributed by atoms with E-state index in [1.54, 1.807) is 7.11 Å². The fourth-order valence-electron chi connectivity index (χ4n) is 4.04. The summed E-state index contributed by atoms with van der Waals surface area (Å²) in [6.07, 6.45) is 5.12. The Bertz CT molecular complexity index is 543. The summed E-state index contributed by atoms with van der Waals surface area (Å²) in [6, 6.07) is 11.0. The maximum atomic E-state index is 12.8. The summed E-state index contributed by atoms with van der Waals surface area (Å²) < 4.78 is 5.64. The van der Waals surface area contributed by atoms with Gasteiger partial charge in [0.2, 0.25) is 0 Å². The Morgan fingerprint density at radius 2 is 2.04 bits per heavy atom. The van der Waals surface area contributed by atoms with Gasteiger partial charge < -0.3 is 15.4 Å². The standard InChI is InChI=1S/C20H31N3O2/c1-25-20(10-12-21-13-11-20)19(24)22-15-18-9-5-6-14-23(18)16-17-7-3-2-4-8-17/h2-4,7-8,18,21H,5-6,9-16H2,1H3,(H,22,24). The van der Waals surface area contributed by atoms with Gasteiger partial charge in [-0.25, -0.2) is 0 Å². The lowest BCUT2D eigenvalue weighted by Gasteiger charge is -2.38. The predicted octanol–water partition coefficient (Wildman–Crippen LogP) is 1.93. The zero-order valence-corrected chi connectivity index (χ0v) is 15.3. The van der Waals surface area contributed by atoms with Crippen LogP contribution in [0.4, 0.5) is 0 Å². The number of piperidine rings is 2. The molecule has 0 aromatic heterocycles. The van der Waals surface area contributed by atoms with Gasteiger partial charge in [0, 0.05) is 26.2 Å². The number of hydrogen-bond acceptors (Lipinski definition) is 4. The monoisotopic (exact) mass is 345 g/mol. The van der Waals surface area contributed by atoms with Crippen molar-refractivity contribution in [2.45, 2.75) is 50.3 Å². The van der Waals surface area contributed by atoms with Crippen LogP contribution in [0, 0.1) is 0 Å². The van der Waals surface area contributed by atoms with E-state index in [9.17, 15) is 4.79 Å². The van der Waals surface area contributed by atoms with Gasteiger partial charge >= 0.3 is 0 Å². The Kier molecular flexibility index (Phi) is 6.45. The first kappa shape index (κ1) is 18.4. The van der Waals surface area contributed by atoms with Gasteiger partial charge in [-0.05, 0) is 50.9 Å². The normalized spacial score (nSPS) is 24.0. The van der Waals surface area contributed by atoms with Crippen LogP contribution in [0.25, 0.3) is 0 Å². The molecule has 0 bridgehead atoms. The van der Waals surface area contributed by atoms with Crippen LogP contribution in [-0.2, 0) is 16.1 Å². The average molecular weight is 345 g/mol. The molecule has 0 aliphatic carbocycles. The van der Waals surface area contributed by atoms with E-state index in [2.05, 4.69) is 45.9 Å². The van der Waals surface area contributed by atoms with E-state index in [1.165, 1.54) is 18.4 Å². The van der Waals surface area contributed by atoms with Crippen LogP contribution in [0.5, 0.6) is 0 Å². The number of methoxy groups -OCH3 is 1. The summed E-state index contributed by atoms with van der Waals surface area (Å²) in [6.45, 7) is 4.45. The molecule has 1 atom stereocenters. The first-order valence-electron chi connectivity index (χ1n) is 9.56. The molecule has 0 radical (unpaired) electrons. The molecule has 2 saturated heterocycles. The highest BCUT2D eigenvalue weighted by atomic mass is 16.5. The van der Waals surface area contributed by atoms with E-state index >= 15 is 0 Å². The van der Waals surface area contributed by atoms with E-state index in [0.29, 0.717) is 12.6 Å². The SMILES string of the molecule is COC1(C(=O)NCC2CCCCN2Cc2ccccc2)CCNCC1. The van der Waals surface area contributed by atoms with Crippen molar-refractivity contribution in [3.8, 4) is 0 Å². The maximum absolute atomic E-state index is 12.8. The minimum atomic E-state index is -0.649. The van der Waals surface area contributed by atoms with Crippen LogP contribution < -0.4 is 10.6 Å². The third-order valence-electron chi connectivity index (χ3n) is 5.69. The molecule has 2 heterocycles. The lowest BCUT2D eigenvalue weighted by Crippen LogP contribution is -2.56. The topological polar surface area (TPSA) is 53.6 Å². The molecule has 2 N–H and O–H groups in total. The molecule has 3 rings (SSSR count). The molecule has 0 spiro atoms. The van der Waals surface area contributed by atoms with Crippen LogP contribution in [0.2, 0.25) is 0 Å². The highest BCUT2D eigenvalue weighted by Gasteiger charge is 2.39. The lowest BCUT2D eigenvalue weighted by molar-refractivity contribution is -0.147. The van der Waals surface area contributed by atoms with Gasteiger partial charge in [-0.1, -0.05) is 36.8 Å². The molecule has 2 fully saturated rings. The molecule has 1 unspecified atom stereocenters. The molecule has 5 heteroatoms. The van der Waals surface area contributed by atoms with Crippen molar-refractivity contribution in [2.24, 2.45) is 0 Å². The summed E-state index contributed by atoms with van der Waals surface area (Å²) in [7, 11) is 1.66. The molecule has 1 amide bonds. The molecule has 1 aromatic carbocycles. The zero-order valence-electron chi connectivity index (χ0n) is 15.3. The Balaban J connectivity index is 1.57. The summed E-state index contributed by atoms with van der Waals surface area (Å²) >= 11 is 0. The Morgan fingerprint density at radius 3 is 2.76 bits per heavy atom. The van der Waals surface area contributed by atoms with E-state index in [0.717, 1.165) is 45.4 Å². The third kappa shape index (κ3) is 4.60. The molecule has 138 valence electrons. The Morgan fingerprint density at radius 1 is 1.28 bits per heavy atom. The first-order valence-corrected chi connectivity index (χ1v) is 9.56. The quantitative estimate of drug-likeness (QED) is 0.827. The van der Waals surface area contributed by atoms with Crippen molar-refractivity contribution in [1.82, 2.24) is 15.5 Å². The van der Waals surface area contributed by atoms with Crippen molar-refractivity contribution in [1.29, 1.82) is 0 Å². The predicted molar refractivity (Wildman–Crippen MR) is 99.3 cm³/mol. The van der Waals surface area contributed by atoms with Crippen molar-refractivity contribution >= 4 is 5.91 Å². The highest BCUT2D eigenvalue weighted by molar-refractivity contribution is 5.85. The number of benzene rings is 1. The van der Waals surface area contributed by atoms with Crippen LogP contribution in [0.1, 0.15) is 37.7 Å². The van der Waals surface area contributed by atoms with Gasteiger partial charge in [0.15, 0.2) is 0 Å². The van der Waals surface area contributed by atoms with Gasteiger partial charge in [-0.3, -0.25) is 9.69 Å². The summed E-state index contributed by atoms with van der Waals surface area (Å²) in [5.74, 6) is 0.0572. The minimum Gasteiger partial charge on any atom is -0.368 e. The number of likely N-dealkylation sites (tertiary alicyclic amines) is 1. The van der Waals surface area contributed by atoms with Crippen LogP contribution >= 0.6 is 0 Å². The number of nitrogens with one attached hydrogen (secondary N) is 2. The van der Waals surface area contributed by atoms with Gasteiger partial charge in [-0.2, -0.15) is 0 Å². The Labute approximate surface area is 151 Å². The molecular weight excluding hydrogens is 314 g/mol. The molecule has 25 heavy (non-hydrogen) atoms. The number of hydrogen-bond donors (Lipinski definition) is 2. The molecule has 2 aliphatic rings. The van der Waals surface area contributed by atoms with Gasteiger partial charge in [0.1, 0.15) is 5.60 Å². The maximum Gasteiger partial charge on any atom is 0.252 e. The number of rotatable bonds is 6. The van der Waals surface area contributed by atoms with Crippen molar-refractivity contribution in [3.05, 3.63) is 35.9 Å². The average Bonchev–Trinajstić information content (AvgIpc) is 2.68. The minimum absolute atomic E-state index is 0.0572. The van der Waals surface area contributed by atoms with Crippen LogP contribution in [0.15, 0.2) is 30.3 Å². The molecule has 2 aliphatic heterocycles. The van der Waals surface area contributed by atoms with E-state index in [1.807, 2.05) is 0 Å². The second-order valence-corrected chi connectivity index (χ2v) is 7.26. The molecule has 1 aromatic rings. The largest absolute Gasteiger partial charge is 0.368 e. The molecular formula is C20H31N3O2. The summed E-state index contributed by atoms with van der Waals surface area (Å²) in [5, 5.41) is 6.50. The lowest BCUT2D eigenvalue weighted by atomic mass is 9.91.